The predicted octanol–water partition coefficient (Wildman–Crippen LogP) is 4.84. The molecule has 2 rings (SSSR count). The molecule has 0 fully saturated rings. The van der Waals surface area contributed by atoms with Gasteiger partial charge in [-0.3, -0.25) is 9.69 Å². The smallest absolute Gasteiger partial charge is 0.225 e. The average Bonchev–Trinajstić information content (AvgIpc) is 2.56. The minimum Gasteiger partial charge on any atom is -0.325 e. The van der Waals surface area contributed by atoms with Gasteiger partial charge in [-0.15, -0.1) is 0 Å². The van der Waals surface area contributed by atoms with Crippen molar-refractivity contribution in [3.05, 3.63) is 64.1 Å². The molecular weight excluding hydrogens is 331 g/mol. The Balaban J connectivity index is 1.86. The van der Waals surface area contributed by atoms with Gasteiger partial charge in [0, 0.05) is 19.5 Å². The second-order valence-electron chi connectivity index (χ2n) is 5.25. The quantitative estimate of drug-likeness (QED) is 0.774. The molecule has 1 amide bonds. The topological polar surface area (TPSA) is 32.3 Å². The molecule has 0 aliphatic carbocycles. The number of hydrogen-bond donors (Lipinski definition) is 1. The van der Waals surface area contributed by atoms with Crippen LogP contribution in [0.15, 0.2) is 48.5 Å². The van der Waals surface area contributed by atoms with Crippen molar-refractivity contribution in [3.8, 4) is 0 Å². The molecule has 0 unspecified atom stereocenters. The predicted molar refractivity (Wildman–Crippen MR) is 97.1 cm³/mol. The molecule has 0 radical (unpaired) electrons. The normalized spacial score (nSPS) is 10.8. The zero-order chi connectivity index (χ0) is 16.7. The number of rotatable bonds is 7. The molecule has 0 saturated heterocycles. The third kappa shape index (κ3) is 5.54. The van der Waals surface area contributed by atoms with Crippen molar-refractivity contribution >= 4 is 34.8 Å². The van der Waals surface area contributed by atoms with Gasteiger partial charge in [-0.05, 0) is 24.2 Å². The maximum atomic E-state index is 12.1. The zero-order valence-corrected chi connectivity index (χ0v) is 14.6. The summed E-state index contributed by atoms with van der Waals surface area (Å²) in [6.07, 6.45) is 0.406. The lowest BCUT2D eigenvalue weighted by Gasteiger charge is -2.20. The first-order chi connectivity index (χ1) is 11.1. The van der Waals surface area contributed by atoms with Crippen LogP contribution in [0, 0.1) is 0 Å². The molecule has 23 heavy (non-hydrogen) atoms. The lowest BCUT2D eigenvalue weighted by atomic mass is 10.2. The Labute approximate surface area is 147 Å². The molecule has 2 aromatic rings. The first-order valence-electron chi connectivity index (χ1n) is 7.60. The number of carbonyl (C=O) groups excluding carboxylic acids is 1. The van der Waals surface area contributed by atoms with Gasteiger partial charge in [-0.1, -0.05) is 66.5 Å². The first-order valence-corrected chi connectivity index (χ1v) is 8.36. The minimum absolute atomic E-state index is 0.0688. The summed E-state index contributed by atoms with van der Waals surface area (Å²) in [5, 5.41) is 3.62. The summed E-state index contributed by atoms with van der Waals surface area (Å²) in [7, 11) is 0. The zero-order valence-electron chi connectivity index (χ0n) is 13.1. The van der Waals surface area contributed by atoms with Gasteiger partial charge in [0.1, 0.15) is 0 Å². The summed E-state index contributed by atoms with van der Waals surface area (Å²) in [5.74, 6) is -0.0688. The van der Waals surface area contributed by atoms with Crippen LogP contribution in [0.25, 0.3) is 0 Å². The van der Waals surface area contributed by atoms with E-state index in [0.29, 0.717) is 28.7 Å². The lowest BCUT2D eigenvalue weighted by Crippen LogP contribution is -2.27. The monoisotopic (exact) mass is 350 g/mol. The highest BCUT2D eigenvalue weighted by atomic mass is 35.5. The van der Waals surface area contributed by atoms with E-state index in [9.17, 15) is 4.79 Å². The van der Waals surface area contributed by atoms with E-state index in [0.717, 1.165) is 13.1 Å². The highest BCUT2D eigenvalue weighted by Gasteiger charge is 2.10. The van der Waals surface area contributed by atoms with Gasteiger partial charge in [-0.2, -0.15) is 0 Å². The fraction of sp³-hybridized carbons (Fsp3) is 0.278. The van der Waals surface area contributed by atoms with E-state index in [4.69, 9.17) is 23.2 Å². The standard InChI is InChI=1S/C18H20Cl2N2O/c1-2-22(13-14-7-4-3-5-8-14)12-11-17(23)21-16-10-6-9-15(19)18(16)20/h3-10H,2,11-13H2,1H3,(H,21,23). The summed E-state index contributed by atoms with van der Waals surface area (Å²) in [6, 6.07) is 15.4. The summed E-state index contributed by atoms with van der Waals surface area (Å²) >= 11 is 12.0. The number of halogens is 2. The average molecular weight is 351 g/mol. The number of carbonyl (C=O) groups is 1. The molecular formula is C18H20Cl2N2O. The molecule has 122 valence electrons. The van der Waals surface area contributed by atoms with E-state index < -0.39 is 0 Å². The summed E-state index contributed by atoms with van der Waals surface area (Å²) in [6.45, 7) is 4.51. The van der Waals surface area contributed by atoms with Crippen LogP contribution in [0.1, 0.15) is 18.9 Å². The number of nitrogens with zero attached hydrogens (tertiary/aromatic N) is 1. The highest BCUT2D eigenvalue weighted by molar-refractivity contribution is 6.43. The molecule has 0 spiro atoms. The summed E-state index contributed by atoms with van der Waals surface area (Å²) < 4.78 is 0. The van der Waals surface area contributed by atoms with E-state index in [2.05, 4.69) is 29.3 Å². The van der Waals surface area contributed by atoms with Crippen LogP contribution in [0.2, 0.25) is 10.0 Å². The van der Waals surface area contributed by atoms with Gasteiger partial charge in [0.15, 0.2) is 0 Å². The van der Waals surface area contributed by atoms with Crippen molar-refractivity contribution in [2.75, 3.05) is 18.4 Å². The number of amides is 1. The van der Waals surface area contributed by atoms with E-state index >= 15 is 0 Å². The number of nitrogens with one attached hydrogen (secondary N) is 1. The SMILES string of the molecule is CCN(CCC(=O)Nc1cccc(Cl)c1Cl)Cc1ccccc1. The van der Waals surface area contributed by atoms with Crippen LogP contribution in [0.4, 0.5) is 5.69 Å². The van der Waals surface area contributed by atoms with Gasteiger partial charge in [0.25, 0.3) is 0 Å². The molecule has 5 heteroatoms. The van der Waals surface area contributed by atoms with Crippen molar-refractivity contribution in [2.45, 2.75) is 19.9 Å². The van der Waals surface area contributed by atoms with Gasteiger partial charge in [0.2, 0.25) is 5.91 Å². The van der Waals surface area contributed by atoms with Crippen molar-refractivity contribution in [2.24, 2.45) is 0 Å². The molecule has 0 aromatic heterocycles. The Morgan fingerprint density at radius 1 is 1.09 bits per heavy atom. The Morgan fingerprint density at radius 2 is 1.83 bits per heavy atom. The van der Waals surface area contributed by atoms with Gasteiger partial charge in [-0.25, -0.2) is 0 Å². The molecule has 3 nitrogen and oxygen atoms in total. The molecule has 0 atom stereocenters. The molecule has 0 aliphatic rings. The third-order valence-corrected chi connectivity index (χ3v) is 4.40. The summed E-state index contributed by atoms with van der Waals surface area (Å²) in [5.41, 5.74) is 1.79. The number of benzene rings is 2. The third-order valence-electron chi connectivity index (χ3n) is 3.58. The van der Waals surface area contributed by atoms with Crippen LogP contribution >= 0.6 is 23.2 Å². The Morgan fingerprint density at radius 3 is 2.52 bits per heavy atom. The van der Waals surface area contributed by atoms with E-state index in [1.807, 2.05) is 18.2 Å². The Bertz CT molecular complexity index is 647. The Kier molecular flexibility index (Phi) is 6.90. The van der Waals surface area contributed by atoms with E-state index in [1.165, 1.54) is 5.56 Å². The molecule has 2 aromatic carbocycles. The molecule has 1 N–H and O–H groups in total. The highest BCUT2D eigenvalue weighted by Crippen LogP contribution is 2.29. The number of anilines is 1. The van der Waals surface area contributed by atoms with Crippen LogP contribution in [-0.2, 0) is 11.3 Å². The van der Waals surface area contributed by atoms with Gasteiger partial charge >= 0.3 is 0 Å². The van der Waals surface area contributed by atoms with Crippen molar-refractivity contribution in [1.29, 1.82) is 0 Å². The van der Waals surface area contributed by atoms with E-state index in [1.54, 1.807) is 18.2 Å². The molecule has 0 aliphatic heterocycles. The first kappa shape index (κ1) is 17.8. The molecule has 0 heterocycles. The van der Waals surface area contributed by atoms with Crippen LogP contribution < -0.4 is 5.32 Å². The van der Waals surface area contributed by atoms with Crippen molar-refractivity contribution in [3.63, 3.8) is 0 Å². The molecule has 0 bridgehead atoms. The van der Waals surface area contributed by atoms with Crippen molar-refractivity contribution < 1.29 is 4.79 Å². The van der Waals surface area contributed by atoms with Gasteiger partial charge in [0.05, 0.1) is 15.7 Å². The fourth-order valence-electron chi connectivity index (χ4n) is 2.26. The largest absolute Gasteiger partial charge is 0.325 e. The van der Waals surface area contributed by atoms with Crippen LogP contribution in [0.5, 0.6) is 0 Å². The van der Waals surface area contributed by atoms with Crippen LogP contribution in [-0.4, -0.2) is 23.9 Å². The second-order valence-corrected chi connectivity index (χ2v) is 6.04. The fourth-order valence-corrected chi connectivity index (χ4v) is 2.61. The number of hydrogen-bond acceptors (Lipinski definition) is 2. The summed E-state index contributed by atoms with van der Waals surface area (Å²) in [4.78, 5) is 14.3. The molecule has 0 saturated carbocycles. The van der Waals surface area contributed by atoms with Crippen molar-refractivity contribution in [1.82, 2.24) is 4.90 Å². The van der Waals surface area contributed by atoms with Gasteiger partial charge < -0.3 is 5.32 Å². The maximum absolute atomic E-state index is 12.1. The van der Waals surface area contributed by atoms with E-state index in [-0.39, 0.29) is 5.91 Å². The lowest BCUT2D eigenvalue weighted by molar-refractivity contribution is -0.116. The second kappa shape index (κ2) is 8.92. The minimum atomic E-state index is -0.0688. The Hall–Kier alpha value is -1.55. The van der Waals surface area contributed by atoms with Crippen LogP contribution in [0.3, 0.4) is 0 Å². The maximum Gasteiger partial charge on any atom is 0.225 e.